The van der Waals surface area contributed by atoms with Gasteiger partial charge in [0.1, 0.15) is 0 Å². The van der Waals surface area contributed by atoms with Crippen molar-refractivity contribution in [1.82, 2.24) is 0 Å². The van der Waals surface area contributed by atoms with E-state index >= 15 is 0 Å². The fourth-order valence-electron chi connectivity index (χ4n) is 0.926. The number of hydrogen-bond donors (Lipinski definition) is 0. The molecule has 0 bridgehead atoms. The lowest BCUT2D eigenvalue weighted by molar-refractivity contribution is -0.0373. The van der Waals surface area contributed by atoms with Crippen LogP contribution >= 0.6 is 0 Å². The highest BCUT2D eigenvalue weighted by Gasteiger charge is 2.41. The third kappa shape index (κ3) is 1.29. The highest BCUT2D eigenvalue weighted by Crippen LogP contribution is 2.43. The number of hydrogen-bond acceptors (Lipinski definition) is 0. The van der Waals surface area contributed by atoms with Crippen molar-refractivity contribution in [3.63, 3.8) is 0 Å². The van der Waals surface area contributed by atoms with Crippen LogP contribution in [0.4, 0.5) is 8.78 Å². The molecule has 0 radical (unpaired) electrons. The van der Waals surface area contributed by atoms with Gasteiger partial charge in [-0.05, 0) is 13.8 Å². The Kier molecular flexibility index (Phi) is 1.34. The lowest BCUT2D eigenvalue weighted by Crippen LogP contribution is -2.28. The summed E-state index contributed by atoms with van der Waals surface area (Å²) in [6, 6.07) is 0. The quantitative estimate of drug-likeness (QED) is 0.444. The molecule has 1 aliphatic rings. The van der Waals surface area contributed by atoms with Crippen LogP contribution in [0.5, 0.6) is 0 Å². The van der Waals surface area contributed by atoms with Crippen LogP contribution in [0.2, 0.25) is 0 Å². The van der Waals surface area contributed by atoms with E-state index in [1.807, 2.05) is 13.8 Å². The van der Waals surface area contributed by atoms with Gasteiger partial charge in [0.25, 0.3) is 5.92 Å². The van der Waals surface area contributed by atoms with Crippen molar-refractivity contribution in [3.8, 4) is 0 Å². The van der Waals surface area contributed by atoms with Gasteiger partial charge in [0, 0.05) is 12.8 Å². The minimum Gasteiger partial charge on any atom is -0.206 e. The van der Waals surface area contributed by atoms with Crippen LogP contribution in [-0.4, -0.2) is 5.92 Å². The van der Waals surface area contributed by atoms with E-state index in [0.29, 0.717) is 0 Å². The molecule has 1 aliphatic carbocycles. The molecule has 1 rings (SSSR count). The fraction of sp³-hybridized carbons (Fsp3) is 0.714. The average molecular weight is 132 g/mol. The molecule has 0 nitrogen and oxygen atoms in total. The van der Waals surface area contributed by atoms with Crippen LogP contribution in [-0.2, 0) is 0 Å². The van der Waals surface area contributed by atoms with E-state index in [-0.39, 0.29) is 12.8 Å². The first-order chi connectivity index (χ1) is 4.01. The minimum absolute atomic E-state index is 0.00463. The molecule has 0 amide bonds. The number of halogens is 2. The topological polar surface area (TPSA) is 0 Å². The summed E-state index contributed by atoms with van der Waals surface area (Å²) in [7, 11) is 0. The van der Waals surface area contributed by atoms with Crippen LogP contribution in [0.3, 0.4) is 0 Å². The molecular formula is C7H10F2. The van der Waals surface area contributed by atoms with Crippen LogP contribution in [0.25, 0.3) is 0 Å². The Morgan fingerprint density at radius 3 is 1.89 bits per heavy atom. The van der Waals surface area contributed by atoms with E-state index < -0.39 is 5.92 Å². The second kappa shape index (κ2) is 1.79. The van der Waals surface area contributed by atoms with Crippen molar-refractivity contribution in [2.75, 3.05) is 0 Å². The molecule has 0 spiro atoms. The summed E-state index contributed by atoms with van der Waals surface area (Å²) in [4.78, 5) is 0. The molecule has 0 unspecified atom stereocenters. The Bertz CT molecular complexity index is 142. The molecule has 52 valence electrons. The second-order valence-corrected chi connectivity index (χ2v) is 2.81. The highest BCUT2D eigenvalue weighted by molar-refractivity contribution is 5.21. The van der Waals surface area contributed by atoms with Crippen molar-refractivity contribution in [2.45, 2.75) is 32.6 Å². The fourth-order valence-corrected chi connectivity index (χ4v) is 0.926. The highest BCUT2D eigenvalue weighted by atomic mass is 19.3. The first kappa shape index (κ1) is 6.72. The largest absolute Gasteiger partial charge is 0.255 e. The Hall–Kier alpha value is -0.400. The zero-order valence-electron chi connectivity index (χ0n) is 5.67. The van der Waals surface area contributed by atoms with Gasteiger partial charge in [-0.25, -0.2) is 8.78 Å². The van der Waals surface area contributed by atoms with Crippen LogP contribution in [0, 0.1) is 0 Å². The van der Waals surface area contributed by atoms with Gasteiger partial charge in [-0.1, -0.05) is 11.1 Å². The summed E-state index contributed by atoms with van der Waals surface area (Å²) >= 11 is 0. The zero-order valence-corrected chi connectivity index (χ0v) is 5.67. The summed E-state index contributed by atoms with van der Waals surface area (Å²) in [5.41, 5.74) is 1.99. The molecule has 1 saturated carbocycles. The minimum atomic E-state index is -2.38. The summed E-state index contributed by atoms with van der Waals surface area (Å²) in [6.07, 6.45) is -0.00926. The lowest BCUT2D eigenvalue weighted by Gasteiger charge is -2.29. The molecular weight excluding hydrogens is 122 g/mol. The maximum absolute atomic E-state index is 12.1. The van der Waals surface area contributed by atoms with E-state index in [1.54, 1.807) is 0 Å². The van der Waals surface area contributed by atoms with Gasteiger partial charge in [0.15, 0.2) is 0 Å². The van der Waals surface area contributed by atoms with Gasteiger partial charge in [-0.2, -0.15) is 0 Å². The van der Waals surface area contributed by atoms with Crippen LogP contribution < -0.4 is 0 Å². The third-order valence-corrected chi connectivity index (χ3v) is 1.65. The molecule has 0 aliphatic heterocycles. The van der Waals surface area contributed by atoms with Crippen LogP contribution in [0.15, 0.2) is 11.1 Å². The van der Waals surface area contributed by atoms with E-state index in [2.05, 4.69) is 0 Å². The van der Waals surface area contributed by atoms with Crippen LogP contribution in [0.1, 0.15) is 26.7 Å². The first-order valence-corrected chi connectivity index (χ1v) is 3.04. The Balaban J connectivity index is 2.54. The molecule has 0 aromatic heterocycles. The normalized spacial score (nSPS) is 23.3. The average Bonchev–Trinajstić information content (AvgIpc) is 1.59. The molecule has 0 heterocycles. The van der Waals surface area contributed by atoms with Crippen molar-refractivity contribution in [3.05, 3.63) is 11.1 Å². The monoisotopic (exact) mass is 132 g/mol. The Morgan fingerprint density at radius 1 is 1.33 bits per heavy atom. The number of rotatable bonds is 0. The Labute approximate surface area is 53.6 Å². The van der Waals surface area contributed by atoms with Gasteiger partial charge in [0.2, 0.25) is 0 Å². The second-order valence-electron chi connectivity index (χ2n) is 2.81. The van der Waals surface area contributed by atoms with Crippen molar-refractivity contribution >= 4 is 0 Å². The summed E-state index contributed by atoms with van der Waals surface area (Å²) in [6.45, 7) is 3.76. The Morgan fingerprint density at radius 2 is 1.78 bits per heavy atom. The standard InChI is InChI=1S/C7H10F2/c1-5(2)6-3-7(8,9)4-6/h3-4H2,1-2H3. The summed E-state index contributed by atoms with van der Waals surface area (Å²) in [5, 5.41) is 0. The van der Waals surface area contributed by atoms with Gasteiger partial charge < -0.3 is 0 Å². The zero-order chi connectivity index (χ0) is 7.07. The molecule has 1 fully saturated rings. The van der Waals surface area contributed by atoms with E-state index in [0.717, 1.165) is 11.1 Å². The van der Waals surface area contributed by atoms with E-state index in [9.17, 15) is 8.78 Å². The summed E-state index contributed by atoms with van der Waals surface area (Å²) in [5.74, 6) is -2.38. The van der Waals surface area contributed by atoms with E-state index in [1.165, 1.54) is 0 Å². The molecule has 0 aromatic carbocycles. The summed E-state index contributed by atoms with van der Waals surface area (Å²) < 4.78 is 24.2. The maximum Gasteiger partial charge on any atom is 0.255 e. The molecule has 9 heavy (non-hydrogen) atoms. The van der Waals surface area contributed by atoms with E-state index in [4.69, 9.17) is 0 Å². The first-order valence-electron chi connectivity index (χ1n) is 3.04. The third-order valence-electron chi connectivity index (χ3n) is 1.65. The molecule has 0 aromatic rings. The lowest BCUT2D eigenvalue weighted by atomic mass is 9.85. The van der Waals surface area contributed by atoms with Crippen molar-refractivity contribution in [2.24, 2.45) is 0 Å². The van der Waals surface area contributed by atoms with Crippen molar-refractivity contribution in [1.29, 1.82) is 0 Å². The van der Waals surface area contributed by atoms with Gasteiger partial charge >= 0.3 is 0 Å². The molecule has 0 N–H and O–H groups in total. The number of allylic oxidation sites excluding steroid dienone is 2. The van der Waals surface area contributed by atoms with Gasteiger partial charge in [0.05, 0.1) is 0 Å². The molecule has 0 saturated heterocycles. The predicted octanol–water partition coefficient (Wildman–Crippen LogP) is 2.75. The molecule has 2 heteroatoms. The van der Waals surface area contributed by atoms with Gasteiger partial charge in [-0.15, -0.1) is 0 Å². The van der Waals surface area contributed by atoms with Gasteiger partial charge in [-0.3, -0.25) is 0 Å². The smallest absolute Gasteiger partial charge is 0.206 e. The number of alkyl halides is 2. The molecule has 0 atom stereocenters. The predicted molar refractivity (Wildman–Crippen MR) is 32.6 cm³/mol. The maximum atomic E-state index is 12.1. The SMILES string of the molecule is CC(C)=C1CC(F)(F)C1. The van der Waals surface area contributed by atoms with Crippen molar-refractivity contribution < 1.29 is 8.78 Å².